The number of amides is 3. The van der Waals surface area contributed by atoms with Crippen LogP contribution in [0, 0.1) is 11.8 Å². The van der Waals surface area contributed by atoms with E-state index in [-0.39, 0.29) is 37.5 Å². The van der Waals surface area contributed by atoms with Crippen LogP contribution >= 0.6 is 0 Å². The van der Waals surface area contributed by atoms with Crippen molar-refractivity contribution in [2.24, 2.45) is 17.6 Å². The summed E-state index contributed by atoms with van der Waals surface area (Å²) in [6, 6.07) is -4.52. The van der Waals surface area contributed by atoms with Gasteiger partial charge in [-0.1, -0.05) is 27.7 Å². The number of carbonyl (C=O) groups is 5. The number of aromatic nitrogens is 2. The maximum Gasteiger partial charge on any atom is 0.326 e. The van der Waals surface area contributed by atoms with E-state index in [9.17, 15) is 29.1 Å². The number of rotatable bonds is 16. The van der Waals surface area contributed by atoms with Crippen molar-refractivity contribution in [3.8, 4) is 0 Å². The molecule has 1 rings (SSSR count). The largest absolute Gasteiger partial charge is 0.481 e. The number of nitrogens with two attached hydrogens (primary N) is 1. The van der Waals surface area contributed by atoms with E-state index < -0.39 is 60.2 Å². The minimum atomic E-state index is -1.27. The van der Waals surface area contributed by atoms with Gasteiger partial charge in [0.15, 0.2) is 0 Å². The average Bonchev–Trinajstić information content (AvgIpc) is 3.27. The highest BCUT2D eigenvalue weighted by Gasteiger charge is 2.31. The Kier molecular flexibility index (Phi) is 12.6. The van der Waals surface area contributed by atoms with Gasteiger partial charge in [0.05, 0.1) is 12.4 Å². The summed E-state index contributed by atoms with van der Waals surface area (Å²) in [5, 5.41) is 26.0. The maximum absolute atomic E-state index is 13.1. The lowest BCUT2D eigenvalue weighted by atomic mass is 10.00. The van der Waals surface area contributed by atoms with Crippen LogP contribution < -0.4 is 21.7 Å². The predicted octanol–water partition coefficient (Wildman–Crippen LogP) is -0.224. The number of H-pyrrole nitrogens is 1. The zero-order valence-corrected chi connectivity index (χ0v) is 21.1. The molecule has 0 aliphatic carbocycles. The van der Waals surface area contributed by atoms with E-state index in [1.807, 2.05) is 27.7 Å². The molecule has 8 N–H and O–H groups in total. The summed E-state index contributed by atoms with van der Waals surface area (Å²) >= 11 is 0. The number of hydrogen-bond donors (Lipinski definition) is 7. The Balaban J connectivity index is 2.98. The average molecular weight is 511 g/mol. The predicted molar refractivity (Wildman–Crippen MR) is 129 cm³/mol. The minimum absolute atomic E-state index is 0.00567. The highest BCUT2D eigenvalue weighted by molar-refractivity contribution is 5.94. The number of aromatic amines is 1. The number of carboxylic acid groups (broad SMARTS) is 2. The first-order valence-corrected chi connectivity index (χ1v) is 11.9. The van der Waals surface area contributed by atoms with E-state index in [1.165, 1.54) is 12.5 Å². The Hall–Kier alpha value is -3.48. The third-order valence-electron chi connectivity index (χ3n) is 5.27. The lowest BCUT2D eigenvalue weighted by Gasteiger charge is -2.26. The smallest absolute Gasteiger partial charge is 0.326 e. The number of carbonyl (C=O) groups excluding carboxylic acids is 3. The van der Waals surface area contributed by atoms with Crippen LogP contribution in [0.5, 0.6) is 0 Å². The van der Waals surface area contributed by atoms with Gasteiger partial charge in [0.1, 0.15) is 18.1 Å². The van der Waals surface area contributed by atoms with Crippen LogP contribution in [0.15, 0.2) is 12.5 Å². The normalized spacial score (nSPS) is 14.5. The molecule has 36 heavy (non-hydrogen) atoms. The first kappa shape index (κ1) is 30.6. The van der Waals surface area contributed by atoms with Gasteiger partial charge in [0.25, 0.3) is 0 Å². The molecule has 0 aromatic carbocycles. The van der Waals surface area contributed by atoms with Crippen LogP contribution in [-0.4, -0.2) is 74.0 Å². The molecule has 0 aliphatic rings. The molecule has 1 heterocycles. The Bertz CT molecular complexity index is 888. The number of hydrogen-bond acceptors (Lipinski definition) is 7. The highest BCUT2D eigenvalue weighted by atomic mass is 16.4. The van der Waals surface area contributed by atoms with Crippen LogP contribution in [0.1, 0.15) is 59.1 Å². The Morgan fingerprint density at radius 1 is 0.889 bits per heavy atom. The molecule has 0 saturated heterocycles. The summed E-state index contributed by atoms with van der Waals surface area (Å²) in [5.74, 6) is -4.51. The maximum atomic E-state index is 13.1. The van der Waals surface area contributed by atoms with Gasteiger partial charge in [-0.2, -0.15) is 0 Å². The van der Waals surface area contributed by atoms with Gasteiger partial charge in [-0.25, -0.2) is 9.78 Å². The highest BCUT2D eigenvalue weighted by Crippen LogP contribution is 2.10. The molecule has 0 bridgehead atoms. The third-order valence-corrected chi connectivity index (χ3v) is 5.27. The van der Waals surface area contributed by atoms with E-state index in [2.05, 4.69) is 25.9 Å². The monoisotopic (exact) mass is 510 g/mol. The molecule has 0 radical (unpaired) electrons. The summed E-state index contributed by atoms with van der Waals surface area (Å²) in [5.41, 5.74) is 6.53. The molecule has 0 fully saturated rings. The van der Waals surface area contributed by atoms with Crippen molar-refractivity contribution in [3.63, 3.8) is 0 Å². The molecule has 4 unspecified atom stereocenters. The summed E-state index contributed by atoms with van der Waals surface area (Å²) in [4.78, 5) is 67.9. The molecule has 13 nitrogen and oxygen atoms in total. The molecule has 202 valence electrons. The molecule has 3 amide bonds. The quantitative estimate of drug-likeness (QED) is 0.156. The standard InChI is InChI=1S/C23H38N6O7/c1-12(2)7-17(22(34)29-18(23(35)36)8-13(3)4)28-21(33)16(5-6-19(30)31)27-20(32)15(24)9-14-10-25-11-26-14/h10-13,15-18H,5-9,24H2,1-4H3,(H,25,26)(H,27,32)(H,28,33)(H,29,34)(H,30,31)(H,35,36). The third kappa shape index (κ3) is 11.3. The van der Waals surface area contributed by atoms with Crippen molar-refractivity contribution in [2.45, 2.75) is 84.0 Å². The van der Waals surface area contributed by atoms with Crippen molar-refractivity contribution in [3.05, 3.63) is 18.2 Å². The first-order chi connectivity index (χ1) is 16.8. The van der Waals surface area contributed by atoms with Crippen LogP contribution in [0.2, 0.25) is 0 Å². The number of nitrogens with one attached hydrogen (secondary N) is 4. The fraction of sp³-hybridized carbons (Fsp3) is 0.652. The van der Waals surface area contributed by atoms with Crippen LogP contribution in [0.25, 0.3) is 0 Å². The van der Waals surface area contributed by atoms with E-state index in [0.29, 0.717) is 5.69 Å². The van der Waals surface area contributed by atoms with Gasteiger partial charge in [-0.3, -0.25) is 19.2 Å². The number of nitrogens with zero attached hydrogens (tertiary/aromatic N) is 1. The topological polar surface area (TPSA) is 217 Å². The Morgan fingerprint density at radius 3 is 1.92 bits per heavy atom. The summed E-state index contributed by atoms with van der Waals surface area (Å²) < 4.78 is 0. The lowest BCUT2D eigenvalue weighted by molar-refractivity contribution is -0.143. The SMILES string of the molecule is CC(C)CC(NC(=O)C(CC(C)C)NC(=O)C(CCC(=O)O)NC(=O)C(N)Cc1cnc[nH]1)C(=O)O. The van der Waals surface area contributed by atoms with Crippen molar-refractivity contribution < 1.29 is 34.2 Å². The molecular formula is C23H38N6O7. The van der Waals surface area contributed by atoms with Crippen molar-refractivity contribution in [1.82, 2.24) is 25.9 Å². The van der Waals surface area contributed by atoms with E-state index in [1.54, 1.807) is 0 Å². The Morgan fingerprint density at radius 2 is 1.42 bits per heavy atom. The first-order valence-electron chi connectivity index (χ1n) is 11.9. The van der Waals surface area contributed by atoms with Crippen LogP contribution in [-0.2, 0) is 30.4 Å². The van der Waals surface area contributed by atoms with Gasteiger partial charge < -0.3 is 36.9 Å². The fourth-order valence-corrected chi connectivity index (χ4v) is 3.48. The lowest BCUT2D eigenvalue weighted by Crippen LogP contribution is -2.57. The second-order valence-electron chi connectivity index (χ2n) is 9.60. The second kappa shape index (κ2) is 14.8. The van der Waals surface area contributed by atoms with Crippen LogP contribution in [0.3, 0.4) is 0 Å². The van der Waals surface area contributed by atoms with Crippen molar-refractivity contribution >= 4 is 29.7 Å². The number of imidazole rings is 1. The van der Waals surface area contributed by atoms with Gasteiger partial charge in [0, 0.05) is 24.7 Å². The number of carboxylic acids is 2. The van der Waals surface area contributed by atoms with Gasteiger partial charge >= 0.3 is 11.9 Å². The van der Waals surface area contributed by atoms with Gasteiger partial charge in [-0.05, 0) is 31.1 Å². The summed E-state index contributed by atoms with van der Waals surface area (Å²) in [6.07, 6.45) is 2.80. The fourth-order valence-electron chi connectivity index (χ4n) is 3.48. The molecular weight excluding hydrogens is 472 g/mol. The molecule has 0 saturated carbocycles. The summed E-state index contributed by atoms with van der Waals surface area (Å²) in [6.45, 7) is 7.30. The summed E-state index contributed by atoms with van der Waals surface area (Å²) in [7, 11) is 0. The molecule has 1 aromatic rings. The van der Waals surface area contributed by atoms with Gasteiger partial charge in [0.2, 0.25) is 17.7 Å². The zero-order chi connectivity index (χ0) is 27.4. The van der Waals surface area contributed by atoms with E-state index in [0.717, 1.165) is 0 Å². The van der Waals surface area contributed by atoms with Crippen molar-refractivity contribution in [2.75, 3.05) is 0 Å². The Labute approximate surface area is 210 Å². The second-order valence-corrected chi connectivity index (χ2v) is 9.60. The molecule has 13 heteroatoms. The van der Waals surface area contributed by atoms with Gasteiger partial charge in [-0.15, -0.1) is 0 Å². The minimum Gasteiger partial charge on any atom is -0.481 e. The van der Waals surface area contributed by atoms with Crippen molar-refractivity contribution in [1.29, 1.82) is 0 Å². The van der Waals surface area contributed by atoms with E-state index >= 15 is 0 Å². The van der Waals surface area contributed by atoms with Crippen LogP contribution in [0.4, 0.5) is 0 Å². The molecule has 0 aliphatic heterocycles. The number of aliphatic carboxylic acids is 2. The zero-order valence-electron chi connectivity index (χ0n) is 21.1. The van der Waals surface area contributed by atoms with E-state index in [4.69, 9.17) is 10.8 Å². The molecule has 4 atom stereocenters. The molecule has 1 aromatic heterocycles. The molecule has 0 spiro atoms.